The van der Waals surface area contributed by atoms with Crippen LogP contribution in [0.25, 0.3) is 10.8 Å². The van der Waals surface area contributed by atoms with E-state index in [1.165, 1.54) is 21.9 Å². The van der Waals surface area contributed by atoms with Gasteiger partial charge in [-0.25, -0.2) is 4.57 Å². The lowest BCUT2D eigenvalue weighted by atomic mass is 9.93. The Morgan fingerprint density at radius 1 is 1.07 bits per heavy atom. The molecule has 9 nitrogen and oxygen atoms in total. The van der Waals surface area contributed by atoms with Crippen LogP contribution in [0.5, 0.6) is 0 Å². The van der Waals surface area contributed by atoms with E-state index in [4.69, 9.17) is 5.73 Å². The van der Waals surface area contributed by atoms with Gasteiger partial charge in [0.2, 0.25) is 0 Å². The van der Waals surface area contributed by atoms with E-state index in [9.17, 15) is 19.7 Å². The van der Waals surface area contributed by atoms with Crippen molar-refractivity contribution < 1.29 is 14.5 Å². The first kappa shape index (κ1) is 16.7. The lowest BCUT2D eigenvalue weighted by molar-refractivity contribution is -0.396. The summed E-state index contributed by atoms with van der Waals surface area (Å²) in [5.41, 5.74) is 7.35. The monoisotopic (exact) mass is 365 g/mol. The highest BCUT2D eigenvalue weighted by Gasteiger charge is 2.32. The SMILES string of the molecule is Nc1ccc2c3c(cccc13)C(=O)N(CCCn1ccnc1[N+](=O)[O-])C2=O. The molecule has 27 heavy (non-hydrogen) atoms. The van der Waals surface area contributed by atoms with Crippen LogP contribution in [-0.4, -0.2) is 37.7 Å². The fourth-order valence-corrected chi connectivity index (χ4v) is 3.42. The molecule has 1 aromatic heterocycles. The number of imide groups is 1. The van der Waals surface area contributed by atoms with E-state index in [0.29, 0.717) is 34.0 Å². The smallest absolute Gasteiger partial charge is 0.398 e. The molecule has 0 bridgehead atoms. The maximum Gasteiger partial charge on any atom is 0.434 e. The molecule has 0 saturated carbocycles. The maximum absolute atomic E-state index is 12.8. The van der Waals surface area contributed by atoms with Crippen LogP contribution in [-0.2, 0) is 6.54 Å². The molecule has 136 valence electrons. The Morgan fingerprint density at radius 2 is 1.81 bits per heavy atom. The Morgan fingerprint density at radius 3 is 2.56 bits per heavy atom. The Hall–Kier alpha value is -3.75. The zero-order valence-electron chi connectivity index (χ0n) is 14.2. The number of hydrogen-bond acceptors (Lipinski definition) is 6. The van der Waals surface area contributed by atoms with E-state index < -0.39 is 4.92 Å². The number of rotatable bonds is 5. The molecule has 4 rings (SSSR count). The van der Waals surface area contributed by atoms with Gasteiger partial charge in [-0.1, -0.05) is 17.1 Å². The number of hydrogen-bond donors (Lipinski definition) is 1. The average molecular weight is 365 g/mol. The first-order valence-corrected chi connectivity index (χ1v) is 8.32. The summed E-state index contributed by atoms with van der Waals surface area (Å²) in [6.45, 7) is 0.416. The van der Waals surface area contributed by atoms with Gasteiger partial charge >= 0.3 is 5.95 Å². The second-order valence-electron chi connectivity index (χ2n) is 6.22. The number of nitrogen functional groups attached to an aromatic ring is 1. The highest BCUT2D eigenvalue weighted by Crippen LogP contribution is 2.33. The van der Waals surface area contributed by atoms with E-state index in [1.54, 1.807) is 30.3 Å². The summed E-state index contributed by atoms with van der Waals surface area (Å²) in [4.78, 5) is 40.9. The first-order valence-electron chi connectivity index (χ1n) is 8.32. The van der Waals surface area contributed by atoms with Crippen molar-refractivity contribution in [2.75, 3.05) is 12.3 Å². The van der Waals surface area contributed by atoms with Crippen LogP contribution < -0.4 is 5.73 Å². The fraction of sp³-hybridized carbons (Fsp3) is 0.167. The Bertz CT molecular complexity index is 1080. The van der Waals surface area contributed by atoms with Crippen molar-refractivity contribution in [3.63, 3.8) is 0 Å². The van der Waals surface area contributed by atoms with Gasteiger partial charge in [-0.2, -0.15) is 0 Å². The molecule has 0 spiro atoms. The van der Waals surface area contributed by atoms with Crippen molar-refractivity contribution in [3.8, 4) is 0 Å². The topological polar surface area (TPSA) is 124 Å². The molecular weight excluding hydrogens is 350 g/mol. The van der Waals surface area contributed by atoms with E-state index in [0.717, 1.165) is 0 Å². The molecule has 9 heteroatoms. The van der Waals surface area contributed by atoms with Gasteiger partial charge in [0.1, 0.15) is 12.4 Å². The number of carbonyl (C=O) groups excluding carboxylic acids is 2. The second kappa shape index (κ2) is 6.20. The summed E-state index contributed by atoms with van der Waals surface area (Å²) in [7, 11) is 0. The molecule has 2 amide bonds. The van der Waals surface area contributed by atoms with Crippen molar-refractivity contribution >= 4 is 34.2 Å². The standard InChI is InChI=1S/C18H15N5O4/c19-14-6-5-13-15-11(14)3-1-4-12(15)16(24)22(17(13)25)9-2-8-21-10-7-20-18(21)23(26)27/h1,3-7,10H,2,8-9,19H2. The average Bonchev–Trinajstić information content (AvgIpc) is 3.12. The third kappa shape index (κ3) is 2.60. The summed E-state index contributed by atoms with van der Waals surface area (Å²) in [6, 6.07) is 8.48. The molecule has 0 radical (unpaired) electrons. The minimum absolute atomic E-state index is 0.146. The van der Waals surface area contributed by atoms with Gasteiger partial charge in [-0.05, 0) is 29.5 Å². The molecule has 1 aliphatic heterocycles. The molecule has 3 aromatic rings. The van der Waals surface area contributed by atoms with Crippen LogP contribution in [0.15, 0.2) is 42.7 Å². The van der Waals surface area contributed by atoms with Crippen molar-refractivity contribution in [3.05, 3.63) is 64.0 Å². The number of amides is 2. The van der Waals surface area contributed by atoms with Crippen molar-refractivity contribution in [2.45, 2.75) is 13.0 Å². The fourth-order valence-electron chi connectivity index (χ4n) is 3.42. The quantitative estimate of drug-likeness (QED) is 0.320. The summed E-state index contributed by atoms with van der Waals surface area (Å²) in [6.07, 6.45) is 3.21. The predicted molar refractivity (Wildman–Crippen MR) is 97.2 cm³/mol. The Balaban J connectivity index is 1.59. The van der Waals surface area contributed by atoms with Gasteiger partial charge in [0.15, 0.2) is 0 Å². The number of carbonyl (C=O) groups is 2. The normalized spacial score (nSPS) is 13.4. The third-order valence-corrected chi connectivity index (χ3v) is 4.66. The summed E-state index contributed by atoms with van der Waals surface area (Å²) >= 11 is 0. The molecule has 2 N–H and O–H groups in total. The molecular formula is C18H15N5O4. The Labute approximate surface area is 153 Å². The maximum atomic E-state index is 12.8. The largest absolute Gasteiger partial charge is 0.434 e. The van der Waals surface area contributed by atoms with Crippen molar-refractivity contribution in [2.24, 2.45) is 0 Å². The molecule has 0 aliphatic carbocycles. The lowest BCUT2D eigenvalue weighted by Gasteiger charge is -2.27. The first-order chi connectivity index (χ1) is 13.0. The van der Waals surface area contributed by atoms with Crippen LogP contribution in [0.2, 0.25) is 0 Å². The van der Waals surface area contributed by atoms with E-state index >= 15 is 0 Å². The number of benzene rings is 2. The molecule has 2 heterocycles. The number of nitrogens with two attached hydrogens (primary N) is 1. The third-order valence-electron chi connectivity index (χ3n) is 4.66. The van der Waals surface area contributed by atoms with Crippen molar-refractivity contribution in [1.82, 2.24) is 14.5 Å². The number of nitrogens with zero attached hydrogens (tertiary/aromatic N) is 4. The van der Waals surface area contributed by atoms with Gasteiger partial charge in [-0.3, -0.25) is 14.5 Å². The molecule has 0 atom stereocenters. The van der Waals surface area contributed by atoms with Gasteiger partial charge in [0, 0.05) is 34.1 Å². The second-order valence-corrected chi connectivity index (χ2v) is 6.22. The van der Waals surface area contributed by atoms with E-state index in [-0.39, 0.29) is 30.9 Å². The minimum Gasteiger partial charge on any atom is -0.398 e. The molecule has 0 fully saturated rings. The van der Waals surface area contributed by atoms with Gasteiger partial charge in [-0.15, -0.1) is 0 Å². The highest BCUT2D eigenvalue weighted by atomic mass is 16.6. The van der Waals surface area contributed by atoms with E-state index in [1.807, 2.05) is 0 Å². The number of aryl methyl sites for hydroxylation is 1. The van der Waals surface area contributed by atoms with Crippen LogP contribution in [0.4, 0.5) is 11.6 Å². The van der Waals surface area contributed by atoms with Crippen LogP contribution in [0.1, 0.15) is 27.1 Å². The summed E-state index contributed by atoms with van der Waals surface area (Å²) in [5.74, 6) is -1.04. The van der Waals surface area contributed by atoms with Gasteiger partial charge in [0.05, 0.1) is 6.54 Å². The van der Waals surface area contributed by atoms with E-state index in [2.05, 4.69) is 4.98 Å². The number of aromatic nitrogens is 2. The molecule has 0 saturated heterocycles. The van der Waals surface area contributed by atoms with Gasteiger partial charge < -0.3 is 15.8 Å². The summed E-state index contributed by atoms with van der Waals surface area (Å²) in [5, 5.41) is 12.2. The Kier molecular flexibility index (Phi) is 3.84. The molecule has 0 unspecified atom stereocenters. The number of anilines is 1. The van der Waals surface area contributed by atoms with Crippen LogP contribution >= 0.6 is 0 Å². The number of imidazole rings is 1. The minimum atomic E-state index is -0.571. The zero-order chi connectivity index (χ0) is 19.1. The zero-order valence-corrected chi connectivity index (χ0v) is 14.2. The molecule has 1 aliphatic rings. The highest BCUT2D eigenvalue weighted by molar-refractivity contribution is 6.26. The van der Waals surface area contributed by atoms with Crippen molar-refractivity contribution in [1.29, 1.82) is 0 Å². The lowest BCUT2D eigenvalue weighted by Crippen LogP contribution is -2.41. The number of nitro groups is 1. The predicted octanol–water partition coefficient (Wildman–Crippen LogP) is 2.21. The van der Waals surface area contributed by atoms with Crippen LogP contribution in [0.3, 0.4) is 0 Å². The summed E-state index contributed by atoms with van der Waals surface area (Å²) < 4.78 is 1.38. The molecule has 2 aromatic carbocycles. The van der Waals surface area contributed by atoms with Gasteiger partial charge in [0.25, 0.3) is 11.8 Å². The van der Waals surface area contributed by atoms with Crippen LogP contribution in [0, 0.1) is 10.1 Å².